The van der Waals surface area contributed by atoms with Crippen molar-refractivity contribution < 1.29 is 14.3 Å². The minimum atomic E-state index is -0.313. The molecule has 0 aliphatic heterocycles. The van der Waals surface area contributed by atoms with Crippen molar-refractivity contribution in [3.8, 4) is 0 Å². The van der Waals surface area contributed by atoms with Crippen molar-refractivity contribution in [2.75, 3.05) is 6.54 Å². The molecule has 1 aromatic rings. The molecule has 1 aromatic carbocycles. The van der Waals surface area contributed by atoms with Gasteiger partial charge in [0.15, 0.2) is 0 Å². The first kappa shape index (κ1) is 26.2. The third kappa shape index (κ3) is 13.4. The van der Waals surface area contributed by atoms with E-state index in [-0.39, 0.29) is 30.8 Å². The van der Waals surface area contributed by atoms with Gasteiger partial charge in [-0.25, -0.2) is 0 Å². The zero-order valence-electron chi connectivity index (χ0n) is 19.5. The second kappa shape index (κ2) is 16.9. The largest absolute Gasteiger partial charge is 0.461 e. The molecule has 170 valence electrons. The van der Waals surface area contributed by atoms with Crippen molar-refractivity contribution in [2.45, 2.75) is 98.0 Å². The topological polar surface area (TPSA) is 55.4 Å². The van der Waals surface area contributed by atoms with Gasteiger partial charge in [0.2, 0.25) is 5.91 Å². The van der Waals surface area contributed by atoms with E-state index in [4.69, 9.17) is 4.74 Å². The predicted molar refractivity (Wildman–Crippen MR) is 124 cm³/mol. The predicted octanol–water partition coefficient (Wildman–Crippen LogP) is 6.43. The van der Waals surface area contributed by atoms with E-state index in [9.17, 15) is 9.59 Å². The number of nitrogens with one attached hydrogen (secondary N) is 1. The van der Waals surface area contributed by atoms with Gasteiger partial charge in [0.1, 0.15) is 6.61 Å². The van der Waals surface area contributed by atoms with Crippen molar-refractivity contribution >= 4 is 11.9 Å². The number of hydrogen-bond acceptors (Lipinski definition) is 3. The summed E-state index contributed by atoms with van der Waals surface area (Å²) in [6, 6.07) is 9.63. The van der Waals surface area contributed by atoms with E-state index in [1.165, 1.54) is 44.9 Å². The fourth-order valence-corrected chi connectivity index (χ4v) is 3.64. The monoisotopic (exact) mass is 417 g/mol. The number of ether oxygens (including phenoxy) is 1. The van der Waals surface area contributed by atoms with E-state index in [1.807, 2.05) is 30.3 Å². The van der Waals surface area contributed by atoms with Gasteiger partial charge in [-0.3, -0.25) is 9.59 Å². The van der Waals surface area contributed by atoms with Crippen molar-refractivity contribution in [3.05, 3.63) is 35.9 Å². The van der Waals surface area contributed by atoms with Gasteiger partial charge >= 0.3 is 5.97 Å². The summed E-state index contributed by atoms with van der Waals surface area (Å²) in [4.78, 5) is 24.9. The first-order valence-corrected chi connectivity index (χ1v) is 12.0. The molecule has 0 aromatic heterocycles. The smallest absolute Gasteiger partial charge is 0.306 e. The molecule has 0 bridgehead atoms. The van der Waals surface area contributed by atoms with Crippen LogP contribution in [0.2, 0.25) is 0 Å². The molecule has 0 aliphatic carbocycles. The van der Waals surface area contributed by atoms with E-state index in [1.54, 1.807) is 0 Å². The zero-order valence-corrected chi connectivity index (χ0v) is 19.5. The van der Waals surface area contributed by atoms with E-state index < -0.39 is 0 Å². The molecular formula is C26H43NO3. The third-order valence-corrected chi connectivity index (χ3v) is 5.36. The Morgan fingerprint density at radius 2 is 1.50 bits per heavy atom. The highest BCUT2D eigenvalue weighted by atomic mass is 16.5. The molecular weight excluding hydrogens is 374 g/mol. The van der Waals surface area contributed by atoms with Crippen LogP contribution in [0.15, 0.2) is 30.3 Å². The number of benzene rings is 1. The lowest BCUT2D eigenvalue weighted by Gasteiger charge is -2.18. The van der Waals surface area contributed by atoms with Gasteiger partial charge in [0.25, 0.3) is 0 Å². The Morgan fingerprint density at radius 1 is 0.900 bits per heavy atom. The number of hydrogen-bond donors (Lipinski definition) is 1. The highest BCUT2D eigenvalue weighted by Crippen LogP contribution is 2.17. The van der Waals surface area contributed by atoms with Crippen LogP contribution in [-0.4, -0.2) is 18.4 Å². The number of rotatable bonds is 17. The Labute approximate surface area is 184 Å². The molecule has 1 amide bonds. The molecule has 0 heterocycles. The van der Waals surface area contributed by atoms with Gasteiger partial charge < -0.3 is 10.1 Å². The van der Waals surface area contributed by atoms with Gasteiger partial charge in [-0.1, -0.05) is 102 Å². The molecule has 1 atom stereocenters. The highest BCUT2D eigenvalue weighted by Gasteiger charge is 2.23. The van der Waals surface area contributed by atoms with Crippen LogP contribution in [0, 0.1) is 11.8 Å². The summed E-state index contributed by atoms with van der Waals surface area (Å²) in [5, 5.41) is 3.04. The van der Waals surface area contributed by atoms with Crippen molar-refractivity contribution in [1.82, 2.24) is 5.32 Å². The van der Waals surface area contributed by atoms with Crippen molar-refractivity contribution in [2.24, 2.45) is 11.8 Å². The second-order valence-electron chi connectivity index (χ2n) is 8.80. The summed E-state index contributed by atoms with van der Waals surface area (Å²) < 4.78 is 5.38. The Morgan fingerprint density at radius 3 is 2.10 bits per heavy atom. The van der Waals surface area contributed by atoms with Gasteiger partial charge in [0, 0.05) is 12.5 Å². The lowest BCUT2D eigenvalue weighted by atomic mass is 9.93. The van der Waals surface area contributed by atoms with Gasteiger partial charge in [-0.05, 0) is 24.3 Å². The first-order chi connectivity index (χ1) is 14.5. The number of amides is 1. The fraction of sp³-hybridized carbons (Fsp3) is 0.692. The Balaban J connectivity index is 2.24. The molecule has 0 unspecified atom stereocenters. The first-order valence-electron chi connectivity index (χ1n) is 12.0. The molecule has 30 heavy (non-hydrogen) atoms. The maximum atomic E-state index is 12.6. The summed E-state index contributed by atoms with van der Waals surface area (Å²) in [5.41, 5.74) is 0.959. The van der Waals surface area contributed by atoms with Crippen LogP contribution in [0.5, 0.6) is 0 Å². The number of esters is 1. The lowest BCUT2D eigenvalue weighted by Crippen LogP contribution is -2.33. The van der Waals surface area contributed by atoms with E-state index in [0.717, 1.165) is 18.4 Å². The van der Waals surface area contributed by atoms with Crippen LogP contribution in [0.1, 0.15) is 97.0 Å². The fourth-order valence-electron chi connectivity index (χ4n) is 3.64. The minimum Gasteiger partial charge on any atom is -0.461 e. The summed E-state index contributed by atoms with van der Waals surface area (Å²) in [7, 11) is 0. The van der Waals surface area contributed by atoms with Crippen LogP contribution in [0.25, 0.3) is 0 Å². The van der Waals surface area contributed by atoms with Crippen LogP contribution in [-0.2, 0) is 20.9 Å². The summed E-state index contributed by atoms with van der Waals surface area (Å²) in [5.74, 6) is -0.273. The standard InChI is InChI=1S/C26H43NO3/c1-4-5-6-7-8-9-10-11-15-18-27-26(29)24(19-22(2)3)20-25(28)30-21-23-16-13-12-14-17-23/h12-14,16-17,22,24H,4-11,15,18-21H2,1-3H3,(H,27,29)/t24-/m1/s1. The molecule has 1 rings (SSSR count). The van der Waals surface area contributed by atoms with E-state index in [2.05, 4.69) is 26.1 Å². The number of carbonyl (C=O) groups excluding carboxylic acids is 2. The molecule has 1 N–H and O–H groups in total. The SMILES string of the molecule is CCCCCCCCCCCNC(=O)[C@@H](CC(=O)OCc1ccccc1)CC(C)C. The summed E-state index contributed by atoms with van der Waals surface area (Å²) >= 11 is 0. The molecule has 0 saturated carbocycles. The van der Waals surface area contributed by atoms with Gasteiger partial charge in [-0.15, -0.1) is 0 Å². The molecule has 0 saturated heterocycles. The van der Waals surface area contributed by atoms with Crippen LogP contribution in [0.3, 0.4) is 0 Å². The van der Waals surface area contributed by atoms with E-state index in [0.29, 0.717) is 18.9 Å². The average Bonchev–Trinajstić information content (AvgIpc) is 2.73. The third-order valence-electron chi connectivity index (χ3n) is 5.36. The van der Waals surface area contributed by atoms with Crippen molar-refractivity contribution in [1.29, 1.82) is 0 Å². The van der Waals surface area contributed by atoms with Crippen LogP contribution in [0.4, 0.5) is 0 Å². The Hall–Kier alpha value is -1.84. The molecule has 0 aliphatic rings. The average molecular weight is 418 g/mol. The second-order valence-corrected chi connectivity index (χ2v) is 8.80. The molecule has 0 spiro atoms. The van der Waals surface area contributed by atoms with Crippen LogP contribution < -0.4 is 5.32 Å². The highest BCUT2D eigenvalue weighted by molar-refractivity contribution is 5.83. The summed E-state index contributed by atoms with van der Waals surface area (Å²) in [6.45, 7) is 7.36. The lowest BCUT2D eigenvalue weighted by molar-refractivity contribution is -0.148. The van der Waals surface area contributed by atoms with E-state index >= 15 is 0 Å². The maximum absolute atomic E-state index is 12.6. The van der Waals surface area contributed by atoms with Gasteiger partial charge in [0.05, 0.1) is 6.42 Å². The number of unbranched alkanes of at least 4 members (excludes halogenated alkanes) is 8. The Kier molecular flexibility index (Phi) is 14.8. The quantitative estimate of drug-likeness (QED) is 0.235. The van der Waals surface area contributed by atoms with Gasteiger partial charge in [-0.2, -0.15) is 0 Å². The number of carbonyl (C=O) groups is 2. The normalized spacial score (nSPS) is 12.0. The minimum absolute atomic E-state index is 0.0140. The molecule has 4 heteroatoms. The summed E-state index contributed by atoms with van der Waals surface area (Å²) in [6.07, 6.45) is 12.2. The van der Waals surface area contributed by atoms with Crippen LogP contribution >= 0.6 is 0 Å². The zero-order chi connectivity index (χ0) is 22.0. The maximum Gasteiger partial charge on any atom is 0.306 e. The molecule has 4 nitrogen and oxygen atoms in total. The van der Waals surface area contributed by atoms with Crippen molar-refractivity contribution in [3.63, 3.8) is 0 Å². The molecule has 0 radical (unpaired) electrons. The molecule has 0 fully saturated rings. The Bertz CT molecular complexity index is 571.